The number of allylic oxidation sites excluding steroid dienone is 1. The fourth-order valence-corrected chi connectivity index (χ4v) is 9.02. The van der Waals surface area contributed by atoms with E-state index in [1.807, 2.05) is 18.2 Å². The molecule has 3 N–H and O–H groups in total. The van der Waals surface area contributed by atoms with Crippen LogP contribution in [-0.2, 0) is 22.6 Å². The molecule has 2 amide bonds. The van der Waals surface area contributed by atoms with E-state index in [2.05, 4.69) is 67.3 Å². The van der Waals surface area contributed by atoms with Crippen molar-refractivity contribution in [1.82, 2.24) is 34.5 Å². The van der Waals surface area contributed by atoms with Crippen LogP contribution in [0.2, 0.25) is 0 Å². The molecule has 0 radical (unpaired) electrons. The number of halogens is 1. The highest BCUT2D eigenvalue weighted by atomic mass is 19.1. The number of hydrogen-bond acceptors (Lipinski definition) is 11. The number of fused-ring (bicyclic) bond motifs is 2. The molecular formula is C43H48FN11O3. The number of imide groups is 1. The number of aromatic nitrogens is 5. The Hall–Kier alpha value is -6.09. The summed E-state index contributed by atoms with van der Waals surface area (Å²) in [6.45, 7) is 11.4. The van der Waals surface area contributed by atoms with Crippen molar-refractivity contribution in [1.29, 1.82) is 0 Å². The van der Waals surface area contributed by atoms with Gasteiger partial charge in [-0.1, -0.05) is 19.1 Å². The second-order valence-corrected chi connectivity index (χ2v) is 15.7. The zero-order chi connectivity index (χ0) is 39.9. The lowest BCUT2D eigenvalue weighted by molar-refractivity contribution is -0.133. The maximum atomic E-state index is 15.3. The first-order valence-electron chi connectivity index (χ1n) is 20.4. The van der Waals surface area contributed by atoms with Gasteiger partial charge in [0.15, 0.2) is 11.5 Å². The summed E-state index contributed by atoms with van der Waals surface area (Å²) in [5.41, 5.74) is 5.74. The summed E-state index contributed by atoms with van der Waals surface area (Å²) < 4.78 is 18.7. The minimum absolute atomic E-state index is 0.187. The molecule has 14 nitrogen and oxygen atoms in total. The van der Waals surface area contributed by atoms with Crippen molar-refractivity contribution >= 4 is 51.5 Å². The molecule has 2 aromatic carbocycles. The number of nitrogens with one attached hydrogen (secondary N) is 3. The summed E-state index contributed by atoms with van der Waals surface area (Å²) >= 11 is 0. The minimum atomic E-state index is -0.555. The molecule has 9 rings (SSSR count). The molecule has 3 aromatic heterocycles. The van der Waals surface area contributed by atoms with Gasteiger partial charge in [-0.15, -0.1) is 6.58 Å². The minimum Gasteiger partial charge on any atom is -0.374 e. The number of anilines is 5. The van der Waals surface area contributed by atoms with Gasteiger partial charge in [0.25, 0.3) is 5.56 Å². The van der Waals surface area contributed by atoms with Gasteiger partial charge in [0.2, 0.25) is 17.8 Å². The Morgan fingerprint density at radius 3 is 2.48 bits per heavy atom. The number of pyridine rings is 1. The molecule has 0 spiro atoms. The third-order valence-electron chi connectivity index (χ3n) is 12.2. The van der Waals surface area contributed by atoms with E-state index in [-0.39, 0.29) is 29.6 Å². The zero-order valence-corrected chi connectivity index (χ0v) is 32.7. The first-order valence-corrected chi connectivity index (χ1v) is 20.4. The average molecular weight is 786 g/mol. The molecule has 58 heavy (non-hydrogen) atoms. The summed E-state index contributed by atoms with van der Waals surface area (Å²) in [5.74, 6) is 0.473. The number of nitrogens with zero attached hydrogens (tertiary/aromatic N) is 8. The Labute approximate surface area is 335 Å². The Kier molecular flexibility index (Phi) is 10.1. The van der Waals surface area contributed by atoms with E-state index in [4.69, 9.17) is 9.97 Å². The lowest BCUT2D eigenvalue weighted by atomic mass is 10.0. The van der Waals surface area contributed by atoms with Crippen LogP contribution >= 0.6 is 0 Å². The molecule has 3 fully saturated rings. The molecule has 6 heterocycles. The molecule has 3 aliphatic heterocycles. The van der Waals surface area contributed by atoms with Crippen molar-refractivity contribution in [3.05, 3.63) is 101 Å². The van der Waals surface area contributed by atoms with Gasteiger partial charge in [0.05, 0.1) is 12.2 Å². The van der Waals surface area contributed by atoms with Gasteiger partial charge in [0, 0.05) is 86.6 Å². The van der Waals surface area contributed by atoms with E-state index in [9.17, 15) is 14.4 Å². The van der Waals surface area contributed by atoms with E-state index in [0.717, 1.165) is 82.0 Å². The fraction of sp³-hybridized carbons (Fsp3) is 0.395. The summed E-state index contributed by atoms with van der Waals surface area (Å²) in [4.78, 5) is 58.5. The number of hydrogen-bond donors (Lipinski definition) is 3. The van der Waals surface area contributed by atoms with Crippen molar-refractivity contribution < 1.29 is 14.0 Å². The number of piperazine rings is 1. The summed E-state index contributed by atoms with van der Waals surface area (Å²) in [7, 11) is 0. The van der Waals surface area contributed by atoms with Gasteiger partial charge < -0.3 is 20.4 Å². The van der Waals surface area contributed by atoms with Gasteiger partial charge in [-0.2, -0.15) is 4.98 Å². The quantitative estimate of drug-likeness (QED) is 0.122. The van der Waals surface area contributed by atoms with E-state index < -0.39 is 6.04 Å². The molecule has 3 unspecified atom stereocenters. The standard InChI is InChI=1S/C43H48FN11O3/c1-3-18-54-42(58)33-25-45-43(50-40(33)55(54)37-15-7-28-6-5-27(4-2)39(28)48-37)47-29-8-11-31(12-9-29)53-19-17-32(26-53)51-20-22-52(23-21-51)36-14-10-30(24-34(36)44)46-35-13-16-38(56)49-41(35)57/h3,7-12,14-15,24-25,27,32,35,46H,1,4-6,13,16-23,26H2,2H3,(H,45,47,50)(H,49,56,57). The van der Waals surface area contributed by atoms with Crippen LogP contribution in [0.25, 0.3) is 16.9 Å². The Morgan fingerprint density at radius 2 is 1.72 bits per heavy atom. The van der Waals surface area contributed by atoms with Crippen molar-refractivity contribution in [2.24, 2.45) is 0 Å². The SMILES string of the molecule is C=CCn1c(=O)c2cnc(Nc3ccc(N4CCC(N5CCN(c6ccc(NC7CCC(=O)NC7=O)cc6F)CC5)C4)cc3)nc2n1-c1ccc2c(n1)C(CC)CC2. The van der Waals surface area contributed by atoms with Gasteiger partial charge in [0.1, 0.15) is 17.2 Å². The molecule has 300 valence electrons. The Bertz CT molecular complexity index is 2440. The van der Waals surface area contributed by atoms with E-state index in [1.165, 1.54) is 11.6 Å². The first-order chi connectivity index (χ1) is 28.3. The number of carbonyl (C=O) groups excluding carboxylic acids is 2. The number of piperidine rings is 1. The molecule has 5 aromatic rings. The maximum Gasteiger partial charge on any atom is 0.278 e. The highest BCUT2D eigenvalue weighted by Gasteiger charge is 2.32. The predicted octanol–water partition coefficient (Wildman–Crippen LogP) is 5.10. The molecule has 1 aliphatic carbocycles. The van der Waals surface area contributed by atoms with E-state index in [0.29, 0.717) is 59.1 Å². The van der Waals surface area contributed by atoms with Crippen LogP contribution in [0.4, 0.5) is 33.1 Å². The lowest BCUT2D eigenvalue weighted by Crippen LogP contribution is -2.51. The van der Waals surface area contributed by atoms with Crippen LogP contribution in [0.1, 0.15) is 56.2 Å². The number of rotatable bonds is 11. The topological polar surface area (TPSA) is 146 Å². The van der Waals surface area contributed by atoms with Gasteiger partial charge in [-0.05, 0) is 86.2 Å². The fourth-order valence-electron chi connectivity index (χ4n) is 9.02. The summed E-state index contributed by atoms with van der Waals surface area (Å²) in [6.07, 6.45) is 8.13. The van der Waals surface area contributed by atoms with Crippen LogP contribution in [-0.4, -0.2) is 92.4 Å². The third kappa shape index (κ3) is 7.18. The van der Waals surface area contributed by atoms with Crippen molar-refractivity contribution in [3.63, 3.8) is 0 Å². The smallest absolute Gasteiger partial charge is 0.278 e. The molecule has 3 saturated heterocycles. The predicted molar refractivity (Wildman–Crippen MR) is 223 cm³/mol. The van der Waals surface area contributed by atoms with Crippen molar-refractivity contribution in [2.45, 2.75) is 70.0 Å². The van der Waals surface area contributed by atoms with Crippen LogP contribution in [0, 0.1) is 5.82 Å². The van der Waals surface area contributed by atoms with Crippen molar-refractivity contribution in [2.75, 3.05) is 59.7 Å². The Balaban J connectivity index is 0.824. The number of benzene rings is 2. The molecule has 0 bridgehead atoms. The normalized spacial score (nSPS) is 21.0. The summed E-state index contributed by atoms with van der Waals surface area (Å²) in [6, 6.07) is 17.2. The summed E-state index contributed by atoms with van der Waals surface area (Å²) in [5, 5.41) is 9.16. The van der Waals surface area contributed by atoms with Crippen LogP contribution in [0.5, 0.6) is 0 Å². The van der Waals surface area contributed by atoms with Crippen LogP contribution in [0.15, 0.2) is 78.2 Å². The van der Waals surface area contributed by atoms with Gasteiger partial charge in [-0.3, -0.25) is 24.6 Å². The van der Waals surface area contributed by atoms with Crippen LogP contribution in [0.3, 0.4) is 0 Å². The molecule has 0 saturated carbocycles. The highest BCUT2D eigenvalue weighted by molar-refractivity contribution is 6.01. The highest BCUT2D eigenvalue weighted by Crippen LogP contribution is 2.35. The van der Waals surface area contributed by atoms with Gasteiger partial charge in [-0.25, -0.2) is 23.7 Å². The monoisotopic (exact) mass is 785 g/mol. The number of amides is 2. The largest absolute Gasteiger partial charge is 0.374 e. The van der Waals surface area contributed by atoms with E-state index in [1.54, 1.807) is 33.8 Å². The Morgan fingerprint density at radius 1 is 0.914 bits per heavy atom. The molecule has 3 atom stereocenters. The van der Waals surface area contributed by atoms with Crippen LogP contribution < -0.4 is 31.3 Å². The zero-order valence-electron chi connectivity index (χ0n) is 32.7. The number of carbonyl (C=O) groups is 2. The second-order valence-electron chi connectivity index (χ2n) is 15.7. The average Bonchev–Trinajstić information content (AvgIpc) is 3.96. The second kappa shape index (κ2) is 15.7. The third-order valence-corrected chi connectivity index (χ3v) is 12.2. The van der Waals surface area contributed by atoms with Crippen molar-refractivity contribution in [3.8, 4) is 5.82 Å². The maximum absolute atomic E-state index is 15.3. The van der Waals surface area contributed by atoms with Gasteiger partial charge >= 0.3 is 0 Å². The first kappa shape index (κ1) is 37.5. The molecule has 4 aliphatic rings. The van der Waals surface area contributed by atoms with E-state index >= 15 is 4.39 Å². The molecule has 15 heteroatoms. The number of aryl methyl sites for hydroxylation is 1. The molecular weight excluding hydrogens is 738 g/mol. The lowest BCUT2D eigenvalue weighted by Gasteiger charge is -2.39.